The number of carboxylic acids is 1. The molecular weight excluding hydrogens is 516 g/mol. The number of oxime groups is 1. The number of nitrogens with zero attached hydrogens (tertiary/aromatic N) is 2. The number of aliphatic carboxylic acids is 1. The van der Waals surface area contributed by atoms with E-state index in [1.807, 2.05) is 65.6 Å². The second-order valence-electron chi connectivity index (χ2n) is 10.9. The molecule has 2 aliphatic heterocycles. The minimum absolute atomic E-state index is 0.0535. The molecule has 2 heterocycles. The van der Waals surface area contributed by atoms with Crippen LogP contribution in [0.4, 0.5) is 0 Å². The molecule has 0 radical (unpaired) electrons. The average molecular weight is 555 g/mol. The van der Waals surface area contributed by atoms with Crippen LogP contribution in [0.3, 0.4) is 0 Å². The number of hydrogen-bond donors (Lipinski definition) is 3. The lowest BCUT2D eigenvalue weighted by atomic mass is 9.84. The lowest BCUT2D eigenvalue weighted by molar-refractivity contribution is -0.143. The van der Waals surface area contributed by atoms with Gasteiger partial charge in [0.1, 0.15) is 11.9 Å². The molecule has 1 atom stereocenters. The highest BCUT2D eigenvalue weighted by atomic mass is 16.6. The van der Waals surface area contributed by atoms with Crippen molar-refractivity contribution >= 4 is 17.5 Å². The van der Waals surface area contributed by atoms with Crippen LogP contribution < -0.4 is 5.32 Å². The predicted octanol–water partition coefficient (Wildman–Crippen LogP) is 4.86. The van der Waals surface area contributed by atoms with Crippen LogP contribution in [0, 0.1) is 5.41 Å². The summed E-state index contributed by atoms with van der Waals surface area (Å²) < 4.78 is 6.58. The Morgan fingerprint density at radius 3 is 2.32 bits per heavy atom. The molecule has 1 saturated heterocycles. The van der Waals surface area contributed by atoms with Gasteiger partial charge in [0, 0.05) is 38.0 Å². The molecule has 5 rings (SSSR count). The minimum Gasteiger partial charge on any atom is -0.480 e. The summed E-state index contributed by atoms with van der Waals surface area (Å²) in [5.74, 6) is -0.397. The van der Waals surface area contributed by atoms with Gasteiger partial charge in [-0.15, -0.1) is 0 Å². The number of carbonyl (C=O) groups is 1. The fourth-order valence-electron chi connectivity index (χ4n) is 5.56. The highest BCUT2D eigenvalue weighted by Crippen LogP contribution is 2.35. The number of piperidine rings is 1. The molecule has 0 saturated carbocycles. The molecule has 1 unspecified atom stereocenters. The Labute approximate surface area is 241 Å². The van der Waals surface area contributed by atoms with Crippen LogP contribution >= 0.6 is 0 Å². The van der Waals surface area contributed by atoms with Crippen molar-refractivity contribution in [2.75, 3.05) is 26.2 Å². The molecule has 0 spiro atoms. The second-order valence-corrected chi connectivity index (χ2v) is 10.9. The Morgan fingerprint density at radius 1 is 1.00 bits per heavy atom. The first-order valence-corrected chi connectivity index (χ1v) is 14.3. The van der Waals surface area contributed by atoms with E-state index in [2.05, 4.69) is 34.7 Å². The molecule has 214 valence electrons. The summed E-state index contributed by atoms with van der Waals surface area (Å²) in [4.78, 5) is 19.1. The number of benzene rings is 3. The SMILES string of the molecule is N=C(NCCc1ccccc1)c1ccc(C2=NOC(CC3(OCc4ccccc4)CCN(CC(=O)O)CC3)C2)cc1. The van der Waals surface area contributed by atoms with Gasteiger partial charge in [0.2, 0.25) is 0 Å². The lowest BCUT2D eigenvalue weighted by Crippen LogP contribution is -2.49. The maximum atomic E-state index is 11.2. The van der Waals surface area contributed by atoms with Crippen LogP contribution in [0.2, 0.25) is 0 Å². The zero-order valence-corrected chi connectivity index (χ0v) is 23.3. The lowest BCUT2D eigenvalue weighted by Gasteiger charge is -2.42. The van der Waals surface area contributed by atoms with Crippen LogP contribution in [0.1, 0.15) is 47.9 Å². The summed E-state index contributed by atoms with van der Waals surface area (Å²) in [5, 5.41) is 25.3. The van der Waals surface area contributed by atoms with E-state index in [4.69, 9.17) is 15.0 Å². The van der Waals surface area contributed by atoms with Crippen molar-refractivity contribution in [3.05, 3.63) is 107 Å². The fraction of sp³-hybridized carbons (Fsp3) is 0.364. The highest BCUT2D eigenvalue weighted by molar-refractivity contribution is 6.02. The number of likely N-dealkylation sites (tertiary alicyclic amines) is 1. The smallest absolute Gasteiger partial charge is 0.317 e. The van der Waals surface area contributed by atoms with Crippen LogP contribution in [-0.2, 0) is 27.4 Å². The predicted molar refractivity (Wildman–Crippen MR) is 159 cm³/mol. The molecule has 3 N–H and O–H groups in total. The van der Waals surface area contributed by atoms with Gasteiger partial charge in [-0.1, -0.05) is 90.1 Å². The fourth-order valence-corrected chi connectivity index (χ4v) is 5.56. The first kappa shape index (κ1) is 28.5. The Bertz CT molecular complexity index is 1320. The number of hydrogen-bond acceptors (Lipinski definition) is 6. The van der Waals surface area contributed by atoms with Gasteiger partial charge in [-0.25, -0.2) is 0 Å². The zero-order chi connectivity index (χ0) is 28.5. The summed E-state index contributed by atoms with van der Waals surface area (Å²) in [6, 6.07) is 28.3. The van der Waals surface area contributed by atoms with Crippen molar-refractivity contribution in [2.45, 2.75) is 50.4 Å². The monoisotopic (exact) mass is 554 g/mol. The standard InChI is InChI=1S/C33H38N4O4/c34-32(35-18-15-25-7-3-1-4-8-25)28-13-11-27(12-14-28)30-21-29(41-36-30)22-33(40-24-26-9-5-2-6-10-26)16-19-37(20-17-33)23-31(38)39/h1-14,29H,15-24H2,(H2,34,35)(H,38,39). The molecule has 1 fully saturated rings. The van der Waals surface area contributed by atoms with E-state index in [0.717, 1.165) is 41.7 Å². The maximum Gasteiger partial charge on any atom is 0.317 e. The van der Waals surface area contributed by atoms with Crippen LogP contribution in [0.15, 0.2) is 90.1 Å². The first-order valence-electron chi connectivity index (χ1n) is 14.3. The first-order chi connectivity index (χ1) is 20.0. The quantitative estimate of drug-likeness (QED) is 0.218. The van der Waals surface area contributed by atoms with E-state index in [-0.39, 0.29) is 12.6 Å². The topological polar surface area (TPSA) is 107 Å². The Hall–Kier alpha value is -4.01. The number of nitrogens with one attached hydrogen (secondary N) is 2. The van der Waals surface area contributed by atoms with Crippen molar-refractivity contribution in [2.24, 2.45) is 5.16 Å². The van der Waals surface area contributed by atoms with E-state index in [1.165, 1.54) is 5.56 Å². The Morgan fingerprint density at radius 2 is 1.66 bits per heavy atom. The molecular formula is C33H38N4O4. The van der Waals surface area contributed by atoms with Crippen molar-refractivity contribution in [3.8, 4) is 0 Å². The molecule has 0 amide bonds. The van der Waals surface area contributed by atoms with Crippen molar-refractivity contribution < 1.29 is 19.5 Å². The Balaban J connectivity index is 1.15. The Kier molecular flexibility index (Phi) is 9.44. The summed E-state index contributed by atoms with van der Waals surface area (Å²) >= 11 is 0. The molecule has 0 aromatic heterocycles. The van der Waals surface area contributed by atoms with Gasteiger partial charge in [-0.2, -0.15) is 0 Å². The van der Waals surface area contributed by atoms with Gasteiger partial charge in [-0.05, 0) is 36.0 Å². The molecule has 41 heavy (non-hydrogen) atoms. The molecule has 2 aliphatic rings. The number of carboxylic acid groups (broad SMARTS) is 1. The van der Waals surface area contributed by atoms with Gasteiger partial charge in [0.15, 0.2) is 0 Å². The average Bonchev–Trinajstić information content (AvgIpc) is 3.46. The summed E-state index contributed by atoms with van der Waals surface area (Å²) in [7, 11) is 0. The molecule has 3 aromatic rings. The van der Waals surface area contributed by atoms with E-state index in [0.29, 0.717) is 44.9 Å². The number of rotatable bonds is 12. The maximum absolute atomic E-state index is 11.2. The van der Waals surface area contributed by atoms with Gasteiger partial charge in [0.05, 0.1) is 24.5 Å². The van der Waals surface area contributed by atoms with E-state index < -0.39 is 11.6 Å². The molecule has 8 nitrogen and oxygen atoms in total. The van der Waals surface area contributed by atoms with Gasteiger partial charge < -0.3 is 20.0 Å². The minimum atomic E-state index is -0.802. The third-order valence-electron chi connectivity index (χ3n) is 7.91. The van der Waals surface area contributed by atoms with Crippen molar-refractivity contribution in [1.82, 2.24) is 10.2 Å². The van der Waals surface area contributed by atoms with Crippen molar-refractivity contribution in [3.63, 3.8) is 0 Å². The zero-order valence-electron chi connectivity index (χ0n) is 23.3. The third kappa shape index (κ3) is 8.02. The highest BCUT2D eigenvalue weighted by Gasteiger charge is 2.40. The molecule has 8 heteroatoms. The van der Waals surface area contributed by atoms with Crippen LogP contribution in [-0.4, -0.2) is 65.4 Å². The van der Waals surface area contributed by atoms with Gasteiger partial charge >= 0.3 is 5.97 Å². The number of amidine groups is 1. The van der Waals surface area contributed by atoms with Crippen LogP contribution in [0.25, 0.3) is 0 Å². The van der Waals surface area contributed by atoms with Gasteiger partial charge in [0.25, 0.3) is 0 Å². The second kappa shape index (κ2) is 13.6. The summed E-state index contributed by atoms with van der Waals surface area (Å²) in [5.41, 5.74) is 4.68. The largest absolute Gasteiger partial charge is 0.480 e. The number of ether oxygens (including phenoxy) is 1. The molecule has 3 aromatic carbocycles. The third-order valence-corrected chi connectivity index (χ3v) is 7.91. The molecule has 0 aliphatic carbocycles. The van der Waals surface area contributed by atoms with Crippen LogP contribution in [0.5, 0.6) is 0 Å². The van der Waals surface area contributed by atoms with Gasteiger partial charge in [-0.3, -0.25) is 15.1 Å². The normalized spacial score (nSPS) is 18.3. The van der Waals surface area contributed by atoms with E-state index >= 15 is 0 Å². The van der Waals surface area contributed by atoms with Crippen molar-refractivity contribution in [1.29, 1.82) is 5.41 Å². The summed E-state index contributed by atoms with van der Waals surface area (Å²) in [6.45, 7) is 2.61. The van der Waals surface area contributed by atoms with E-state index in [1.54, 1.807) is 0 Å². The summed E-state index contributed by atoms with van der Waals surface area (Å²) in [6.07, 6.45) is 3.63. The molecule has 0 bridgehead atoms. The van der Waals surface area contributed by atoms with E-state index in [9.17, 15) is 9.90 Å².